The van der Waals surface area contributed by atoms with E-state index in [1.165, 1.54) is 17.4 Å². The van der Waals surface area contributed by atoms with Crippen LogP contribution in [0.15, 0.2) is 52.1 Å². The van der Waals surface area contributed by atoms with Gasteiger partial charge in [0.2, 0.25) is 17.5 Å². The molecular formula is C23H26N4O5S. The van der Waals surface area contributed by atoms with Gasteiger partial charge in [0, 0.05) is 37.4 Å². The molecule has 1 aliphatic heterocycles. The number of hydrogen-bond acceptors (Lipinski definition) is 9. The van der Waals surface area contributed by atoms with Gasteiger partial charge in [-0.2, -0.15) is 0 Å². The molecule has 0 unspecified atom stereocenters. The Bertz CT molecular complexity index is 1060. The lowest BCUT2D eigenvalue weighted by Gasteiger charge is -2.36. The lowest BCUT2D eigenvalue weighted by molar-refractivity contribution is -0.128. The van der Waals surface area contributed by atoms with E-state index in [4.69, 9.17) is 18.6 Å². The van der Waals surface area contributed by atoms with E-state index in [-0.39, 0.29) is 11.7 Å². The van der Waals surface area contributed by atoms with Crippen molar-refractivity contribution in [3.8, 4) is 28.7 Å². The Hall–Kier alpha value is -3.40. The molecule has 3 aromatic rings. The van der Waals surface area contributed by atoms with E-state index in [2.05, 4.69) is 27.2 Å². The summed E-state index contributed by atoms with van der Waals surface area (Å²) in [6.45, 7) is 3.00. The van der Waals surface area contributed by atoms with E-state index < -0.39 is 0 Å². The van der Waals surface area contributed by atoms with Crippen LogP contribution in [0.1, 0.15) is 0 Å². The number of hydrogen-bond donors (Lipinski definition) is 0. The van der Waals surface area contributed by atoms with E-state index in [1.54, 1.807) is 33.5 Å². The number of carbonyl (C=O) groups excluding carboxylic acids is 1. The molecule has 9 nitrogen and oxygen atoms in total. The summed E-state index contributed by atoms with van der Waals surface area (Å²) in [7, 11) is 4.63. The maximum Gasteiger partial charge on any atom is 0.277 e. The van der Waals surface area contributed by atoms with Crippen molar-refractivity contribution in [1.82, 2.24) is 15.1 Å². The van der Waals surface area contributed by atoms with Gasteiger partial charge in [-0.1, -0.05) is 30.0 Å². The second-order valence-corrected chi connectivity index (χ2v) is 8.21. The van der Waals surface area contributed by atoms with E-state index in [1.807, 2.05) is 23.1 Å². The molecule has 0 atom stereocenters. The predicted octanol–water partition coefficient (Wildman–Crippen LogP) is 3.20. The number of anilines is 1. The molecule has 1 saturated heterocycles. The van der Waals surface area contributed by atoms with Gasteiger partial charge in [-0.05, 0) is 24.3 Å². The summed E-state index contributed by atoms with van der Waals surface area (Å²) in [5, 5.41) is 8.50. The van der Waals surface area contributed by atoms with Gasteiger partial charge < -0.3 is 28.4 Å². The molecule has 1 fully saturated rings. The maximum absolute atomic E-state index is 12.7. The van der Waals surface area contributed by atoms with Crippen molar-refractivity contribution in [2.45, 2.75) is 5.22 Å². The molecule has 0 N–H and O–H groups in total. The zero-order chi connectivity index (χ0) is 23.2. The quantitative estimate of drug-likeness (QED) is 0.460. The first kappa shape index (κ1) is 22.8. The first-order valence-corrected chi connectivity index (χ1v) is 11.5. The average molecular weight is 471 g/mol. The summed E-state index contributed by atoms with van der Waals surface area (Å²) < 4.78 is 21.9. The number of methoxy groups -OCH3 is 3. The highest BCUT2D eigenvalue weighted by atomic mass is 32.2. The molecule has 0 spiro atoms. The van der Waals surface area contributed by atoms with Gasteiger partial charge >= 0.3 is 0 Å². The summed E-state index contributed by atoms with van der Waals surface area (Å²) >= 11 is 1.23. The fourth-order valence-corrected chi connectivity index (χ4v) is 4.32. The number of nitrogens with zero attached hydrogens (tertiary/aromatic N) is 4. The lowest BCUT2D eigenvalue weighted by atomic mass is 10.2. The third-order valence-electron chi connectivity index (χ3n) is 5.39. The van der Waals surface area contributed by atoms with Gasteiger partial charge in [-0.15, -0.1) is 10.2 Å². The van der Waals surface area contributed by atoms with E-state index in [9.17, 15) is 4.79 Å². The molecule has 0 aliphatic carbocycles. The monoisotopic (exact) mass is 470 g/mol. The largest absolute Gasteiger partial charge is 0.493 e. The number of benzene rings is 2. The molecule has 4 rings (SSSR count). The Labute approximate surface area is 196 Å². The summed E-state index contributed by atoms with van der Waals surface area (Å²) in [5.41, 5.74) is 1.82. The molecule has 1 aromatic heterocycles. The Morgan fingerprint density at radius 2 is 1.64 bits per heavy atom. The smallest absolute Gasteiger partial charge is 0.277 e. The summed E-state index contributed by atoms with van der Waals surface area (Å²) in [6.07, 6.45) is 0. The molecule has 33 heavy (non-hydrogen) atoms. The molecule has 2 aromatic carbocycles. The van der Waals surface area contributed by atoms with Crippen LogP contribution in [0.4, 0.5) is 5.69 Å². The van der Waals surface area contributed by atoms with E-state index >= 15 is 0 Å². The van der Waals surface area contributed by atoms with Gasteiger partial charge in [0.05, 0.1) is 27.1 Å². The molecule has 0 bridgehead atoms. The van der Waals surface area contributed by atoms with Gasteiger partial charge in [-0.3, -0.25) is 4.79 Å². The Balaban J connectivity index is 1.34. The molecule has 2 heterocycles. The normalized spacial score (nSPS) is 13.7. The summed E-state index contributed by atoms with van der Waals surface area (Å²) in [4.78, 5) is 16.8. The van der Waals surface area contributed by atoms with Gasteiger partial charge in [-0.25, -0.2) is 0 Å². The van der Waals surface area contributed by atoms with Crippen molar-refractivity contribution < 1.29 is 23.4 Å². The van der Waals surface area contributed by atoms with Crippen LogP contribution in [0.5, 0.6) is 17.2 Å². The van der Waals surface area contributed by atoms with Crippen LogP contribution in [0, 0.1) is 0 Å². The Kier molecular flexibility index (Phi) is 7.23. The van der Waals surface area contributed by atoms with Crippen LogP contribution in [0.25, 0.3) is 11.5 Å². The number of amides is 1. The first-order chi connectivity index (χ1) is 16.1. The van der Waals surface area contributed by atoms with Crippen LogP contribution in [0.3, 0.4) is 0 Å². The van der Waals surface area contributed by atoms with Crippen molar-refractivity contribution in [1.29, 1.82) is 0 Å². The van der Waals surface area contributed by atoms with Crippen LogP contribution < -0.4 is 19.1 Å². The molecule has 0 saturated carbocycles. The van der Waals surface area contributed by atoms with E-state index in [0.29, 0.717) is 47.0 Å². The number of rotatable bonds is 8. The maximum atomic E-state index is 12.7. The van der Waals surface area contributed by atoms with Gasteiger partial charge in [0.25, 0.3) is 5.22 Å². The SMILES string of the molecule is COc1cc(-c2nnc(SCC(=O)N3CCN(c4ccccc4)CC3)o2)cc(OC)c1OC. The zero-order valence-electron chi connectivity index (χ0n) is 18.8. The molecule has 1 aliphatic rings. The van der Waals surface area contributed by atoms with E-state index in [0.717, 1.165) is 13.1 Å². The third kappa shape index (κ3) is 5.16. The minimum atomic E-state index is 0.0558. The zero-order valence-corrected chi connectivity index (χ0v) is 19.6. The molecule has 174 valence electrons. The molecule has 10 heteroatoms. The van der Waals surface area contributed by atoms with Crippen molar-refractivity contribution in [3.63, 3.8) is 0 Å². The Morgan fingerprint density at radius 3 is 2.24 bits per heavy atom. The second-order valence-electron chi connectivity index (χ2n) is 7.28. The second kappa shape index (κ2) is 10.5. The number of carbonyl (C=O) groups is 1. The predicted molar refractivity (Wildman–Crippen MR) is 125 cm³/mol. The minimum absolute atomic E-state index is 0.0558. The minimum Gasteiger partial charge on any atom is -0.493 e. The first-order valence-electron chi connectivity index (χ1n) is 10.5. The Morgan fingerprint density at radius 1 is 0.970 bits per heavy atom. The third-order valence-corrected chi connectivity index (χ3v) is 6.19. The van der Waals surface area contributed by atoms with Crippen LogP contribution in [0.2, 0.25) is 0 Å². The number of piperazine rings is 1. The average Bonchev–Trinajstić information content (AvgIpc) is 3.36. The lowest BCUT2D eigenvalue weighted by Crippen LogP contribution is -2.49. The standard InChI is InChI=1S/C23H26N4O5S/c1-29-18-13-16(14-19(30-2)21(18)31-3)22-24-25-23(32-22)33-15-20(28)27-11-9-26(10-12-27)17-7-5-4-6-8-17/h4-8,13-14H,9-12,15H2,1-3H3. The van der Waals surface area contributed by atoms with Crippen molar-refractivity contribution in [2.24, 2.45) is 0 Å². The van der Waals surface area contributed by atoms with Crippen molar-refractivity contribution >= 4 is 23.4 Å². The highest BCUT2D eigenvalue weighted by molar-refractivity contribution is 7.99. The highest BCUT2D eigenvalue weighted by Gasteiger charge is 2.22. The fraction of sp³-hybridized carbons (Fsp3) is 0.348. The number of para-hydroxylation sites is 1. The van der Waals surface area contributed by atoms with Crippen LogP contribution >= 0.6 is 11.8 Å². The number of thioether (sulfide) groups is 1. The van der Waals surface area contributed by atoms with Gasteiger partial charge in [0.1, 0.15) is 0 Å². The van der Waals surface area contributed by atoms with Crippen LogP contribution in [-0.2, 0) is 4.79 Å². The summed E-state index contributed by atoms with van der Waals surface area (Å²) in [6, 6.07) is 13.7. The molecular weight excluding hydrogens is 444 g/mol. The van der Waals surface area contributed by atoms with Crippen LogP contribution in [-0.4, -0.2) is 74.3 Å². The van der Waals surface area contributed by atoms with Crippen molar-refractivity contribution in [3.05, 3.63) is 42.5 Å². The number of aromatic nitrogens is 2. The summed E-state index contributed by atoms with van der Waals surface area (Å²) in [5.74, 6) is 2.06. The fourth-order valence-electron chi connectivity index (χ4n) is 3.66. The van der Waals surface area contributed by atoms with Gasteiger partial charge in [0.15, 0.2) is 11.5 Å². The van der Waals surface area contributed by atoms with Crippen molar-refractivity contribution in [2.75, 3.05) is 58.2 Å². The molecule has 0 radical (unpaired) electrons. The highest BCUT2D eigenvalue weighted by Crippen LogP contribution is 2.41. The molecule has 1 amide bonds. The number of ether oxygens (including phenoxy) is 3. The topological polar surface area (TPSA) is 90.2 Å².